The lowest BCUT2D eigenvalue weighted by Gasteiger charge is -2.09. The molecule has 4 nitrogen and oxygen atoms in total. The summed E-state index contributed by atoms with van der Waals surface area (Å²) in [6.07, 6.45) is 1.04. The molecule has 0 saturated heterocycles. The van der Waals surface area contributed by atoms with E-state index in [1.807, 2.05) is 0 Å². The lowest BCUT2D eigenvalue weighted by Crippen LogP contribution is -2.26. The summed E-state index contributed by atoms with van der Waals surface area (Å²) < 4.78 is 4.85. The fraction of sp³-hybridized carbons (Fsp3) is 0.333. The van der Waals surface area contributed by atoms with Crippen molar-refractivity contribution in [1.82, 2.24) is 4.98 Å². The van der Waals surface area contributed by atoms with E-state index in [9.17, 15) is 4.79 Å². The molecule has 1 N–H and O–H groups in total. The van der Waals surface area contributed by atoms with Crippen LogP contribution in [0.4, 0.5) is 5.69 Å². The van der Waals surface area contributed by atoms with E-state index in [-0.39, 0.29) is 5.91 Å². The van der Waals surface area contributed by atoms with Crippen molar-refractivity contribution in [2.45, 2.75) is 13.0 Å². The molecule has 0 aliphatic rings. The van der Waals surface area contributed by atoms with E-state index in [4.69, 9.17) is 16.3 Å². The van der Waals surface area contributed by atoms with Crippen LogP contribution in [0.15, 0.2) is 18.3 Å². The fourth-order valence-electron chi connectivity index (χ4n) is 0.831. The van der Waals surface area contributed by atoms with Crippen molar-refractivity contribution in [3.8, 4) is 0 Å². The third kappa shape index (κ3) is 2.97. The minimum atomic E-state index is -0.484. The monoisotopic (exact) mass is 214 g/mol. The second-order valence-electron chi connectivity index (χ2n) is 2.73. The van der Waals surface area contributed by atoms with Gasteiger partial charge < -0.3 is 10.1 Å². The van der Waals surface area contributed by atoms with Gasteiger partial charge in [0.25, 0.3) is 5.91 Å². The van der Waals surface area contributed by atoms with Gasteiger partial charge in [-0.2, -0.15) is 0 Å². The van der Waals surface area contributed by atoms with Crippen LogP contribution >= 0.6 is 11.6 Å². The van der Waals surface area contributed by atoms with E-state index in [1.165, 1.54) is 13.3 Å². The van der Waals surface area contributed by atoms with E-state index in [0.717, 1.165) is 0 Å². The molecule has 5 heteroatoms. The highest BCUT2D eigenvalue weighted by Gasteiger charge is 2.11. The van der Waals surface area contributed by atoms with Gasteiger partial charge in [0.2, 0.25) is 0 Å². The van der Waals surface area contributed by atoms with Crippen LogP contribution in [0.5, 0.6) is 0 Å². The Morgan fingerprint density at radius 3 is 3.00 bits per heavy atom. The normalized spacial score (nSPS) is 12.2. The predicted octanol–water partition coefficient (Wildman–Crippen LogP) is 1.71. The Morgan fingerprint density at radius 1 is 1.71 bits per heavy atom. The maximum absolute atomic E-state index is 11.4. The van der Waals surface area contributed by atoms with Crippen LogP contribution in [0.3, 0.4) is 0 Å². The number of hydrogen-bond acceptors (Lipinski definition) is 3. The first-order valence-corrected chi connectivity index (χ1v) is 4.46. The Hall–Kier alpha value is -1.13. The first-order chi connectivity index (χ1) is 6.63. The zero-order valence-corrected chi connectivity index (χ0v) is 8.71. The summed E-state index contributed by atoms with van der Waals surface area (Å²) in [6, 6.07) is 3.23. The van der Waals surface area contributed by atoms with Crippen molar-refractivity contribution in [3.63, 3.8) is 0 Å². The summed E-state index contributed by atoms with van der Waals surface area (Å²) in [4.78, 5) is 15.2. The predicted molar refractivity (Wildman–Crippen MR) is 54.3 cm³/mol. The fourth-order valence-corrected chi connectivity index (χ4v) is 1.01. The van der Waals surface area contributed by atoms with Crippen LogP contribution in [-0.2, 0) is 9.53 Å². The molecule has 0 bridgehead atoms. The van der Waals surface area contributed by atoms with Crippen LogP contribution < -0.4 is 5.32 Å². The summed E-state index contributed by atoms with van der Waals surface area (Å²) >= 11 is 5.65. The quantitative estimate of drug-likeness (QED) is 0.780. The Kier molecular flexibility index (Phi) is 3.85. The highest BCUT2D eigenvalue weighted by molar-refractivity contribution is 6.29. The van der Waals surface area contributed by atoms with E-state index in [0.29, 0.717) is 10.8 Å². The van der Waals surface area contributed by atoms with Gasteiger partial charge in [0.1, 0.15) is 11.3 Å². The molecule has 1 heterocycles. The number of ether oxygens (including phenoxy) is 1. The average Bonchev–Trinajstić information content (AvgIpc) is 2.16. The average molecular weight is 215 g/mol. The van der Waals surface area contributed by atoms with Gasteiger partial charge >= 0.3 is 0 Å². The van der Waals surface area contributed by atoms with Gasteiger partial charge in [-0.25, -0.2) is 4.98 Å². The first-order valence-electron chi connectivity index (χ1n) is 4.08. The maximum atomic E-state index is 11.4. The van der Waals surface area contributed by atoms with Gasteiger partial charge in [-0.15, -0.1) is 0 Å². The second kappa shape index (κ2) is 4.93. The van der Waals surface area contributed by atoms with Crippen LogP contribution in [0.1, 0.15) is 6.92 Å². The highest BCUT2D eigenvalue weighted by Crippen LogP contribution is 2.12. The van der Waals surface area contributed by atoms with Crippen molar-refractivity contribution < 1.29 is 9.53 Å². The molecular weight excluding hydrogens is 204 g/mol. The van der Waals surface area contributed by atoms with Gasteiger partial charge in [-0.05, 0) is 19.1 Å². The first kappa shape index (κ1) is 10.9. The standard InChI is InChI=1S/C9H11ClN2O2/c1-6(14-2)9(13)12-7-3-4-11-8(10)5-7/h3-6H,1-2H3,(H,11,12,13). The van der Waals surface area contributed by atoms with Crippen molar-refractivity contribution >= 4 is 23.2 Å². The van der Waals surface area contributed by atoms with Crippen molar-refractivity contribution in [2.24, 2.45) is 0 Å². The Bertz CT molecular complexity index is 330. The highest BCUT2D eigenvalue weighted by atomic mass is 35.5. The summed E-state index contributed by atoms with van der Waals surface area (Å²) in [6.45, 7) is 1.66. The molecular formula is C9H11ClN2O2. The number of rotatable bonds is 3. The smallest absolute Gasteiger partial charge is 0.253 e. The molecule has 1 rings (SSSR count). The SMILES string of the molecule is COC(C)C(=O)Nc1ccnc(Cl)c1. The maximum Gasteiger partial charge on any atom is 0.253 e. The van der Waals surface area contributed by atoms with E-state index >= 15 is 0 Å². The number of hydrogen-bond donors (Lipinski definition) is 1. The molecule has 1 aromatic rings. The Balaban J connectivity index is 2.65. The third-order valence-electron chi connectivity index (χ3n) is 1.72. The Labute approximate surface area is 87.2 Å². The minimum Gasteiger partial charge on any atom is -0.372 e. The molecule has 0 aliphatic carbocycles. The van der Waals surface area contributed by atoms with Crippen molar-refractivity contribution in [2.75, 3.05) is 12.4 Å². The number of halogens is 1. The van der Waals surface area contributed by atoms with Crippen LogP contribution in [-0.4, -0.2) is 24.1 Å². The van der Waals surface area contributed by atoms with Gasteiger partial charge in [0, 0.05) is 19.0 Å². The molecule has 1 atom stereocenters. The molecule has 1 amide bonds. The molecule has 0 aliphatic heterocycles. The number of methoxy groups -OCH3 is 1. The van der Waals surface area contributed by atoms with Crippen LogP contribution in [0.2, 0.25) is 5.15 Å². The molecule has 76 valence electrons. The third-order valence-corrected chi connectivity index (χ3v) is 1.92. The van der Waals surface area contributed by atoms with E-state index < -0.39 is 6.10 Å². The topological polar surface area (TPSA) is 51.2 Å². The molecule has 0 radical (unpaired) electrons. The number of aromatic nitrogens is 1. The summed E-state index contributed by atoms with van der Waals surface area (Å²) in [5.74, 6) is -0.213. The molecule has 1 aromatic heterocycles. The molecule has 1 unspecified atom stereocenters. The van der Waals surface area contributed by atoms with Crippen LogP contribution in [0.25, 0.3) is 0 Å². The zero-order chi connectivity index (χ0) is 10.6. The van der Waals surface area contributed by atoms with Crippen molar-refractivity contribution in [1.29, 1.82) is 0 Å². The number of pyridine rings is 1. The number of nitrogens with one attached hydrogen (secondary N) is 1. The summed E-state index contributed by atoms with van der Waals surface area (Å²) in [5, 5.41) is 2.99. The molecule has 0 fully saturated rings. The van der Waals surface area contributed by atoms with Gasteiger partial charge in [-0.1, -0.05) is 11.6 Å². The number of anilines is 1. The lowest BCUT2D eigenvalue weighted by molar-refractivity contribution is -0.124. The molecule has 0 spiro atoms. The van der Waals surface area contributed by atoms with Gasteiger partial charge in [0.05, 0.1) is 0 Å². The molecule has 14 heavy (non-hydrogen) atoms. The number of nitrogens with zero attached hydrogens (tertiary/aromatic N) is 1. The summed E-state index contributed by atoms with van der Waals surface area (Å²) in [5.41, 5.74) is 0.610. The number of amides is 1. The largest absolute Gasteiger partial charge is 0.372 e. The minimum absolute atomic E-state index is 0.213. The second-order valence-corrected chi connectivity index (χ2v) is 3.12. The molecule has 0 saturated carbocycles. The number of carbonyl (C=O) groups excluding carboxylic acids is 1. The Morgan fingerprint density at radius 2 is 2.43 bits per heavy atom. The van der Waals surface area contributed by atoms with E-state index in [1.54, 1.807) is 19.1 Å². The van der Waals surface area contributed by atoms with Crippen molar-refractivity contribution in [3.05, 3.63) is 23.5 Å². The summed E-state index contributed by atoms with van der Waals surface area (Å²) in [7, 11) is 1.48. The number of carbonyl (C=O) groups is 1. The molecule has 0 aromatic carbocycles. The van der Waals surface area contributed by atoms with Crippen LogP contribution in [0, 0.1) is 0 Å². The van der Waals surface area contributed by atoms with Gasteiger partial charge in [-0.3, -0.25) is 4.79 Å². The lowest BCUT2D eigenvalue weighted by atomic mass is 10.3. The van der Waals surface area contributed by atoms with Gasteiger partial charge in [0.15, 0.2) is 0 Å². The zero-order valence-electron chi connectivity index (χ0n) is 7.95. The van der Waals surface area contributed by atoms with E-state index in [2.05, 4.69) is 10.3 Å².